The molecule has 3 aromatic rings. The van der Waals surface area contributed by atoms with Gasteiger partial charge in [0, 0.05) is 6.07 Å². The van der Waals surface area contributed by atoms with Crippen molar-refractivity contribution in [3.8, 4) is 5.88 Å². The molecule has 1 N–H and O–H groups in total. The molecule has 2 aromatic heterocycles. The van der Waals surface area contributed by atoms with Gasteiger partial charge in [-0.05, 0) is 42.9 Å². The van der Waals surface area contributed by atoms with Crippen LogP contribution in [-0.2, 0) is 0 Å². The molecule has 0 bridgehead atoms. The summed E-state index contributed by atoms with van der Waals surface area (Å²) in [7, 11) is 1.57. The number of benzene rings is 1. The fourth-order valence-electron chi connectivity index (χ4n) is 2.35. The van der Waals surface area contributed by atoms with Gasteiger partial charge in [0.05, 0.1) is 18.7 Å². The standard InChI is InChI=1S/C15H14FN3OS/c1-9(10-3-5-11(16)6-4-10)19-14-12(17-15(19)21)7-8-13(18-14)20-2/h3-9H,1-2H3,(H,17,21). The Balaban J connectivity index is 2.16. The van der Waals surface area contributed by atoms with Crippen molar-refractivity contribution in [2.45, 2.75) is 13.0 Å². The SMILES string of the molecule is COc1ccc2[nH]c(=S)n(C(C)c3ccc(F)cc3)c2n1. The fourth-order valence-corrected chi connectivity index (χ4v) is 2.70. The molecule has 0 aliphatic rings. The van der Waals surface area contributed by atoms with Gasteiger partial charge >= 0.3 is 0 Å². The lowest BCUT2D eigenvalue weighted by molar-refractivity contribution is 0.398. The van der Waals surface area contributed by atoms with Gasteiger partial charge in [-0.25, -0.2) is 4.39 Å². The molecule has 21 heavy (non-hydrogen) atoms. The van der Waals surface area contributed by atoms with Crippen LogP contribution in [0.3, 0.4) is 0 Å². The van der Waals surface area contributed by atoms with E-state index >= 15 is 0 Å². The summed E-state index contributed by atoms with van der Waals surface area (Å²) >= 11 is 5.39. The van der Waals surface area contributed by atoms with Crippen LogP contribution in [0.15, 0.2) is 36.4 Å². The largest absolute Gasteiger partial charge is 0.481 e. The third kappa shape index (κ3) is 2.42. The summed E-state index contributed by atoms with van der Waals surface area (Å²) in [6.07, 6.45) is 0. The molecule has 0 spiro atoms. The molecule has 0 aliphatic heterocycles. The Morgan fingerprint density at radius 3 is 2.62 bits per heavy atom. The number of nitrogens with one attached hydrogen (secondary N) is 1. The van der Waals surface area contributed by atoms with Gasteiger partial charge in [0.15, 0.2) is 10.4 Å². The molecule has 1 aromatic carbocycles. The molecule has 0 fully saturated rings. The number of hydrogen-bond acceptors (Lipinski definition) is 3. The van der Waals surface area contributed by atoms with E-state index in [1.807, 2.05) is 17.6 Å². The molecular weight excluding hydrogens is 289 g/mol. The molecule has 3 rings (SSSR count). The predicted molar refractivity (Wildman–Crippen MR) is 81.7 cm³/mol. The molecular formula is C15H14FN3OS. The van der Waals surface area contributed by atoms with Gasteiger partial charge in [0.25, 0.3) is 0 Å². The maximum Gasteiger partial charge on any atom is 0.215 e. The summed E-state index contributed by atoms with van der Waals surface area (Å²) in [5.41, 5.74) is 2.52. The van der Waals surface area contributed by atoms with E-state index in [1.54, 1.807) is 25.3 Å². The number of rotatable bonds is 3. The molecule has 1 atom stereocenters. The summed E-state index contributed by atoms with van der Waals surface area (Å²) in [4.78, 5) is 7.57. The van der Waals surface area contributed by atoms with Crippen molar-refractivity contribution in [3.05, 3.63) is 52.5 Å². The molecule has 1 unspecified atom stereocenters. The van der Waals surface area contributed by atoms with E-state index in [2.05, 4.69) is 9.97 Å². The van der Waals surface area contributed by atoms with E-state index in [0.717, 1.165) is 16.7 Å². The van der Waals surface area contributed by atoms with Gasteiger partial charge < -0.3 is 9.72 Å². The second-order valence-electron chi connectivity index (χ2n) is 4.75. The molecule has 0 amide bonds. The first-order valence-corrected chi connectivity index (χ1v) is 6.91. The first-order chi connectivity index (χ1) is 10.1. The first-order valence-electron chi connectivity index (χ1n) is 6.51. The van der Waals surface area contributed by atoms with E-state index in [9.17, 15) is 4.39 Å². The van der Waals surface area contributed by atoms with Crippen LogP contribution in [-0.4, -0.2) is 21.6 Å². The van der Waals surface area contributed by atoms with Crippen molar-refractivity contribution >= 4 is 23.4 Å². The van der Waals surface area contributed by atoms with Crippen LogP contribution in [0.5, 0.6) is 5.88 Å². The van der Waals surface area contributed by atoms with Gasteiger partial charge in [-0.2, -0.15) is 4.98 Å². The quantitative estimate of drug-likeness (QED) is 0.747. The van der Waals surface area contributed by atoms with Crippen molar-refractivity contribution in [2.75, 3.05) is 7.11 Å². The molecule has 2 heterocycles. The number of aromatic nitrogens is 3. The number of imidazole rings is 1. The van der Waals surface area contributed by atoms with Crippen LogP contribution in [0.2, 0.25) is 0 Å². The summed E-state index contributed by atoms with van der Waals surface area (Å²) in [6.45, 7) is 2.00. The Morgan fingerprint density at radius 2 is 1.95 bits per heavy atom. The number of aromatic amines is 1. The highest BCUT2D eigenvalue weighted by atomic mass is 32.1. The lowest BCUT2D eigenvalue weighted by Gasteiger charge is -2.14. The average molecular weight is 303 g/mol. The van der Waals surface area contributed by atoms with Crippen molar-refractivity contribution in [3.63, 3.8) is 0 Å². The number of fused-ring (bicyclic) bond motifs is 1. The van der Waals surface area contributed by atoms with E-state index < -0.39 is 0 Å². The summed E-state index contributed by atoms with van der Waals surface area (Å²) in [6, 6.07) is 9.98. The lowest BCUT2D eigenvalue weighted by Crippen LogP contribution is -2.08. The predicted octanol–water partition coefficient (Wildman–Crippen LogP) is 3.85. The third-order valence-corrected chi connectivity index (χ3v) is 3.79. The number of pyridine rings is 1. The monoisotopic (exact) mass is 303 g/mol. The van der Waals surface area contributed by atoms with Crippen molar-refractivity contribution in [2.24, 2.45) is 0 Å². The van der Waals surface area contributed by atoms with Crippen LogP contribution in [0, 0.1) is 10.6 Å². The number of nitrogens with zero attached hydrogens (tertiary/aromatic N) is 2. The highest BCUT2D eigenvalue weighted by Gasteiger charge is 2.15. The molecule has 4 nitrogen and oxygen atoms in total. The third-order valence-electron chi connectivity index (χ3n) is 3.49. The number of hydrogen-bond donors (Lipinski definition) is 1. The zero-order chi connectivity index (χ0) is 15.0. The van der Waals surface area contributed by atoms with E-state index in [1.165, 1.54) is 12.1 Å². The highest BCUT2D eigenvalue weighted by Crippen LogP contribution is 2.25. The number of methoxy groups -OCH3 is 1. The normalized spacial score (nSPS) is 12.5. The topological polar surface area (TPSA) is 42.8 Å². The summed E-state index contributed by atoms with van der Waals surface area (Å²) in [5, 5.41) is 0. The van der Waals surface area contributed by atoms with E-state index in [0.29, 0.717) is 10.7 Å². The van der Waals surface area contributed by atoms with Gasteiger partial charge in [-0.1, -0.05) is 12.1 Å². The molecule has 0 saturated carbocycles. The first kappa shape index (κ1) is 13.8. The smallest absolute Gasteiger partial charge is 0.215 e. The van der Waals surface area contributed by atoms with Gasteiger partial charge in [0.2, 0.25) is 5.88 Å². The molecule has 6 heteroatoms. The van der Waals surface area contributed by atoms with Crippen molar-refractivity contribution in [1.82, 2.24) is 14.5 Å². The van der Waals surface area contributed by atoms with Crippen LogP contribution in [0.25, 0.3) is 11.2 Å². The van der Waals surface area contributed by atoms with Gasteiger partial charge in [0.1, 0.15) is 5.82 Å². The maximum absolute atomic E-state index is 13.1. The van der Waals surface area contributed by atoms with Crippen LogP contribution in [0.1, 0.15) is 18.5 Å². The van der Waals surface area contributed by atoms with Crippen LogP contribution in [0.4, 0.5) is 4.39 Å². The zero-order valence-electron chi connectivity index (χ0n) is 11.6. The Morgan fingerprint density at radius 1 is 1.24 bits per heavy atom. The summed E-state index contributed by atoms with van der Waals surface area (Å²) in [5.74, 6) is 0.268. The number of ether oxygens (including phenoxy) is 1. The van der Waals surface area contributed by atoms with E-state index in [4.69, 9.17) is 17.0 Å². The van der Waals surface area contributed by atoms with Crippen molar-refractivity contribution < 1.29 is 9.13 Å². The average Bonchev–Trinajstić information content (AvgIpc) is 2.82. The molecule has 0 saturated heterocycles. The minimum atomic E-state index is -0.256. The molecule has 0 aliphatic carbocycles. The Hall–Kier alpha value is -2.21. The Kier molecular flexibility index (Phi) is 3.47. The molecule has 108 valence electrons. The minimum absolute atomic E-state index is 0.0635. The molecule has 0 radical (unpaired) electrons. The van der Waals surface area contributed by atoms with Gasteiger partial charge in [-0.3, -0.25) is 4.57 Å². The van der Waals surface area contributed by atoms with Crippen LogP contribution < -0.4 is 4.74 Å². The number of halogens is 1. The minimum Gasteiger partial charge on any atom is -0.481 e. The fraction of sp³-hybridized carbons (Fsp3) is 0.200. The van der Waals surface area contributed by atoms with Crippen LogP contribution >= 0.6 is 12.2 Å². The second kappa shape index (κ2) is 5.29. The number of H-pyrrole nitrogens is 1. The summed E-state index contributed by atoms with van der Waals surface area (Å²) < 4.78 is 20.7. The maximum atomic E-state index is 13.1. The second-order valence-corrected chi connectivity index (χ2v) is 5.14. The Bertz CT molecular complexity index is 838. The lowest BCUT2D eigenvalue weighted by atomic mass is 10.1. The Labute approximate surface area is 126 Å². The van der Waals surface area contributed by atoms with E-state index in [-0.39, 0.29) is 11.9 Å². The zero-order valence-corrected chi connectivity index (χ0v) is 12.4. The van der Waals surface area contributed by atoms with Gasteiger partial charge in [-0.15, -0.1) is 0 Å². The highest BCUT2D eigenvalue weighted by molar-refractivity contribution is 7.71. The van der Waals surface area contributed by atoms with Crippen molar-refractivity contribution in [1.29, 1.82) is 0 Å².